The second-order valence-corrected chi connectivity index (χ2v) is 6.72. The lowest BCUT2D eigenvalue weighted by molar-refractivity contribution is -0.139. The highest BCUT2D eigenvalue weighted by Crippen LogP contribution is 2.27. The highest BCUT2D eigenvalue weighted by molar-refractivity contribution is 5.75. The van der Waals surface area contributed by atoms with E-state index in [1.807, 2.05) is 11.8 Å². The van der Waals surface area contributed by atoms with Crippen LogP contribution in [0.5, 0.6) is 5.75 Å². The van der Waals surface area contributed by atoms with Crippen LogP contribution in [0.2, 0.25) is 0 Å². The van der Waals surface area contributed by atoms with Gasteiger partial charge in [-0.3, -0.25) is 9.69 Å². The standard InChI is InChI=1S/C18H24FN3O4/c1-2-21(11-17(23)24)13-8-12(9-13)20-18(25)22-6-7-26-16-5-3-4-15(19)14(16)10-22/h3-5,12-13H,2,6-11H2,1H3,(H,20,25)(H,23,24). The number of likely N-dealkylation sites (N-methyl/N-ethyl adjacent to an activating group) is 1. The number of ether oxygens (including phenoxy) is 1. The molecule has 1 heterocycles. The molecule has 2 N–H and O–H groups in total. The topological polar surface area (TPSA) is 82.1 Å². The fourth-order valence-electron chi connectivity index (χ4n) is 3.48. The minimum Gasteiger partial charge on any atom is -0.491 e. The van der Waals surface area contributed by atoms with Gasteiger partial charge < -0.3 is 20.1 Å². The lowest BCUT2D eigenvalue weighted by Crippen LogP contribution is -2.56. The molecule has 8 heteroatoms. The van der Waals surface area contributed by atoms with Crippen LogP contribution >= 0.6 is 0 Å². The monoisotopic (exact) mass is 365 g/mol. The van der Waals surface area contributed by atoms with Crippen LogP contribution in [0.3, 0.4) is 0 Å². The van der Waals surface area contributed by atoms with Gasteiger partial charge in [-0.1, -0.05) is 13.0 Å². The number of nitrogens with one attached hydrogen (secondary N) is 1. The van der Waals surface area contributed by atoms with Crippen molar-refractivity contribution in [2.45, 2.75) is 38.4 Å². The number of aliphatic carboxylic acids is 1. The van der Waals surface area contributed by atoms with Gasteiger partial charge in [0.25, 0.3) is 0 Å². The van der Waals surface area contributed by atoms with Gasteiger partial charge in [-0.05, 0) is 31.5 Å². The molecule has 1 aliphatic heterocycles. The number of halogens is 1. The Bertz CT molecular complexity index is 678. The van der Waals surface area contributed by atoms with E-state index in [4.69, 9.17) is 9.84 Å². The summed E-state index contributed by atoms with van der Waals surface area (Å²) in [6.45, 7) is 3.48. The molecule has 1 aromatic carbocycles. The van der Waals surface area contributed by atoms with Crippen molar-refractivity contribution in [1.29, 1.82) is 0 Å². The summed E-state index contributed by atoms with van der Waals surface area (Å²) >= 11 is 0. The molecule has 3 rings (SSSR count). The third-order valence-electron chi connectivity index (χ3n) is 5.03. The van der Waals surface area contributed by atoms with Crippen molar-refractivity contribution in [2.24, 2.45) is 0 Å². The van der Waals surface area contributed by atoms with Gasteiger partial charge in [0, 0.05) is 17.6 Å². The maximum absolute atomic E-state index is 14.0. The molecule has 0 unspecified atom stereocenters. The van der Waals surface area contributed by atoms with Gasteiger partial charge in [-0.25, -0.2) is 9.18 Å². The number of amides is 2. The Balaban J connectivity index is 1.53. The van der Waals surface area contributed by atoms with Crippen molar-refractivity contribution in [3.05, 3.63) is 29.6 Å². The summed E-state index contributed by atoms with van der Waals surface area (Å²) in [5.41, 5.74) is 0.394. The van der Waals surface area contributed by atoms with Crippen molar-refractivity contribution in [2.75, 3.05) is 26.2 Å². The Kier molecular flexibility index (Phi) is 5.61. The molecule has 7 nitrogen and oxygen atoms in total. The van der Waals surface area contributed by atoms with Gasteiger partial charge in [0.2, 0.25) is 0 Å². The maximum atomic E-state index is 14.0. The van der Waals surface area contributed by atoms with Gasteiger partial charge in [0.15, 0.2) is 0 Å². The molecule has 0 spiro atoms. The molecule has 0 saturated heterocycles. The van der Waals surface area contributed by atoms with Crippen molar-refractivity contribution in [3.63, 3.8) is 0 Å². The molecule has 2 aliphatic rings. The van der Waals surface area contributed by atoms with Crippen molar-refractivity contribution in [1.82, 2.24) is 15.1 Å². The number of carbonyl (C=O) groups excluding carboxylic acids is 1. The number of urea groups is 1. The van der Waals surface area contributed by atoms with Gasteiger partial charge in [-0.15, -0.1) is 0 Å². The summed E-state index contributed by atoms with van der Waals surface area (Å²) in [7, 11) is 0. The molecule has 142 valence electrons. The Labute approximate surface area is 151 Å². The number of benzene rings is 1. The van der Waals surface area contributed by atoms with Crippen LogP contribution in [0.1, 0.15) is 25.3 Å². The predicted octanol–water partition coefficient (Wildman–Crippen LogP) is 1.67. The number of nitrogens with zero attached hydrogens (tertiary/aromatic N) is 2. The van der Waals surface area contributed by atoms with Crippen LogP contribution in [-0.2, 0) is 11.3 Å². The summed E-state index contributed by atoms with van der Waals surface area (Å²) in [5.74, 6) is -0.737. The minimum atomic E-state index is -0.843. The summed E-state index contributed by atoms with van der Waals surface area (Å²) in [5, 5.41) is 11.9. The molecule has 1 aliphatic carbocycles. The van der Waals surface area contributed by atoms with Gasteiger partial charge in [0.05, 0.1) is 19.6 Å². The average molecular weight is 365 g/mol. The largest absolute Gasteiger partial charge is 0.491 e. The number of hydrogen-bond donors (Lipinski definition) is 2. The van der Waals surface area contributed by atoms with Crippen molar-refractivity contribution >= 4 is 12.0 Å². The zero-order valence-electron chi connectivity index (χ0n) is 14.8. The van der Waals surface area contributed by atoms with Crippen molar-refractivity contribution < 1.29 is 23.8 Å². The van der Waals surface area contributed by atoms with Crippen molar-refractivity contribution in [3.8, 4) is 5.75 Å². The summed E-state index contributed by atoms with van der Waals surface area (Å²) in [6.07, 6.45) is 1.45. The molecule has 1 fully saturated rings. The Hall–Kier alpha value is -2.35. The third kappa shape index (κ3) is 4.07. The first-order valence-corrected chi connectivity index (χ1v) is 8.89. The van der Waals surface area contributed by atoms with Crippen LogP contribution in [0, 0.1) is 5.82 Å². The Morgan fingerprint density at radius 1 is 1.42 bits per heavy atom. The van der Waals surface area contributed by atoms with Gasteiger partial charge >= 0.3 is 12.0 Å². The second kappa shape index (κ2) is 7.90. The van der Waals surface area contributed by atoms with Crippen LogP contribution in [0.15, 0.2) is 18.2 Å². The molecular formula is C18H24FN3O4. The molecule has 1 saturated carbocycles. The zero-order chi connectivity index (χ0) is 18.7. The minimum absolute atomic E-state index is 0.0135. The van der Waals surface area contributed by atoms with E-state index in [9.17, 15) is 14.0 Å². The Morgan fingerprint density at radius 2 is 2.19 bits per heavy atom. The smallest absolute Gasteiger partial charge is 0.318 e. The lowest BCUT2D eigenvalue weighted by atomic mass is 9.85. The van der Waals surface area contributed by atoms with E-state index in [1.54, 1.807) is 17.0 Å². The first-order chi connectivity index (χ1) is 12.5. The number of carboxylic acid groups (broad SMARTS) is 1. The number of hydrogen-bond acceptors (Lipinski definition) is 4. The van der Waals surface area contributed by atoms with E-state index in [0.717, 1.165) is 12.8 Å². The van der Waals surface area contributed by atoms with Gasteiger partial charge in [-0.2, -0.15) is 0 Å². The van der Waals surface area contributed by atoms with E-state index in [0.29, 0.717) is 31.0 Å². The molecule has 0 bridgehead atoms. The first kappa shape index (κ1) is 18.4. The quantitative estimate of drug-likeness (QED) is 0.829. The molecule has 0 atom stereocenters. The molecule has 2 amide bonds. The molecule has 1 aromatic rings. The third-order valence-corrected chi connectivity index (χ3v) is 5.03. The van der Waals surface area contributed by atoms with E-state index < -0.39 is 5.97 Å². The molecule has 0 radical (unpaired) electrons. The van der Waals surface area contributed by atoms with Crippen LogP contribution < -0.4 is 10.1 Å². The number of carboxylic acids is 1. The SMILES string of the molecule is CCN(CC(=O)O)C1CC(NC(=O)N2CCOc3cccc(F)c3C2)C1. The van der Waals surface area contributed by atoms with Crippen LogP contribution in [0.4, 0.5) is 9.18 Å². The number of carbonyl (C=O) groups is 2. The van der Waals surface area contributed by atoms with Crippen LogP contribution in [-0.4, -0.2) is 65.2 Å². The molecule has 26 heavy (non-hydrogen) atoms. The average Bonchev–Trinajstić information content (AvgIpc) is 2.79. The second-order valence-electron chi connectivity index (χ2n) is 6.72. The highest BCUT2D eigenvalue weighted by Gasteiger charge is 2.35. The normalized spacial score (nSPS) is 22.0. The summed E-state index contributed by atoms with van der Waals surface area (Å²) in [6, 6.07) is 4.61. The van der Waals surface area contributed by atoms with Gasteiger partial charge in [0.1, 0.15) is 18.2 Å². The Morgan fingerprint density at radius 3 is 2.88 bits per heavy atom. The summed E-state index contributed by atoms with van der Waals surface area (Å²) in [4.78, 5) is 26.9. The number of fused-ring (bicyclic) bond motifs is 1. The summed E-state index contributed by atoms with van der Waals surface area (Å²) < 4.78 is 19.6. The van der Waals surface area contributed by atoms with E-state index in [-0.39, 0.29) is 37.0 Å². The lowest BCUT2D eigenvalue weighted by Gasteiger charge is -2.42. The molecule has 0 aromatic heterocycles. The first-order valence-electron chi connectivity index (χ1n) is 8.89. The predicted molar refractivity (Wildman–Crippen MR) is 92.5 cm³/mol. The van der Waals surface area contributed by atoms with E-state index >= 15 is 0 Å². The van der Waals surface area contributed by atoms with Crippen LogP contribution in [0.25, 0.3) is 0 Å². The molecular weight excluding hydrogens is 341 g/mol. The maximum Gasteiger partial charge on any atom is 0.318 e. The fraction of sp³-hybridized carbons (Fsp3) is 0.556. The van der Waals surface area contributed by atoms with E-state index in [1.165, 1.54) is 6.07 Å². The fourth-order valence-corrected chi connectivity index (χ4v) is 3.48. The zero-order valence-corrected chi connectivity index (χ0v) is 14.8. The highest BCUT2D eigenvalue weighted by atomic mass is 19.1. The number of rotatable bonds is 5. The van der Waals surface area contributed by atoms with E-state index in [2.05, 4.69) is 5.32 Å².